The van der Waals surface area contributed by atoms with Gasteiger partial charge in [-0.05, 0) is 52.6 Å². The number of anilines is 1. The van der Waals surface area contributed by atoms with E-state index in [2.05, 4.69) is 16.7 Å². The normalized spacial score (nSPS) is 13.4. The zero-order valence-electron chi connectivity index (χ0n) is 15.7. The maximum absolute atomic E-state index is 13.5. The van der Waals surface area contributed by atoms with Crippen molar-refractivity contribution in [3.05, 3.63) is 41.6 Å². The minimum absolute atomic E-state index is 0.00183. The predicted molar refractivity (Wildman–Crippen MR) is 96.3 cm³/mol. The van der Waals surface area contributed by atoms with Crippen LogP contribution >= 0.6 is 0 Å². The summed E-state index contributed by atoms with van der Waals surface area (Å²) in [6.07, 6.45) is -3.76. The molecule has 0 aromatic carbocycles. The Labute approximate surface area is 155 Å². The fourth-order valence-corrected chi connectivity index (χ4v) is 2.01. The standard InChI is InChI=1S/C18H21F4N3O2/c1-11(19)9-12(10-23-5)13-7-8-14(15(24-13)18(20,21)22)25(6)16(26)27-17(2,3)4/h7-10H,5H2,1-4,6H3/b11-9+,12-10+. The molecule has 0 aliphatic carbocycles. The molecule has 5 nitrogen and oxygen atoms in total. The molecule has 0 aliphatic heterocycles. The minimum Gasteiger partial charge on any atom is -0.443 e. The summed E-state index contributed by atoms with van der Waals surface area (Å²) < 4.78 is 58.8. The Hall–Kier alpha value is -2.71. The molecule has 1 heterocycles. The number of ether oxygens (including phenoxy) is 1. The first-order valence-electron chi connectivity index (χ1n) is 7.81. The number of carbonyl (C=O) groups is 1. The zero-order chi connectivity index (χ0) is 21.0. The van der Waals surface area contributed by atoms with Crippen molar-refractivity contribution in [2.75, 3.05) is 11.9 Å². The van der Waals surface area contributed by atoms with Crippen molar-refractivity contribution in [1.29, 1.82) is 0 Å². The molecule has 0 atom stereocenters. The molecule has 27 heavy (non-hydrogen) atoms. The molecule has 0 radical (unpaired) electrons. The van der Waals surface area contributed by atoms with E-state index in [1.165, 1.54) is 6.07 Å². The zero-order valence-corrected chi connectivity index (χ0v) is 15.7. The van der Waals surface area contributed by atoms with Crippen LogP contribution in [0, 0.1) is 0 Å². The van der Waals surface area contributed by atoms with E-state index in [9.17, 15) is 22.4 Å². The molecule has 1 amide bonds. The largest absolute Gasteiger partial charge is 0.443 e. The first-order chi connectivity index (χ1) is 12.3. The molecular formula is C18H21F4N3O2. The van der Waals surface area contributed by atoms with Crippen molar-refractivity contribution in [1.82, 2.24) is 4.98 Å². The van der Waals surface area contributed by atoms with E-state index in [0.717, 1.165) is 37.2 Å². The van der Waals surface area contributed by atoms with Crippen molar-refractivity contribution in [2.24, 2.45) is 4.99 Å². The predicted octanol–water partition coefficient (Wildman–Crippen LogP) is 5.39. The number of halogens is 4. The van der Waals surface area contributed by atoms with Gasteiger partial charge >= 0.3 is 12.3 Å². The summed E-state index contributed by atoms with van der Waals surface area (Å²) in [5.41, 5.74) is -2.86. The van der Waals surface area contributed by atoms with Crippen LogP contribution < -0.4 is 4.90 Å². The fourth-order valence-electron chi connectivity index (χ4n) is 2.01. The van der Waals surface area contributed by atoms with Crippen molar-refractivity contribution in [3.63, 3.8) is 0 Å². The van der Waals surface area contributed by atoms with Gasteiger partial charge in [0.25, 0.3) is 0 Å². The van der Waals surface area contributed by atoms with E-state index >= 15 is 0 Å². The highest BCUT2D eigenvalue weighted by Gasteiger charge is 2.38. The molecule has 0 aliphatic rings. The van der Waals surface area contributed by atoms with Crippen LogP contribution in [-0.4, -0.2) is 30.4 Å². The second kappa shape index (κ2) is 8.32. The smallest absolute Gasteiger partial charge is 0.435 e. The van der Waals surface area contributed by atoms with Crippen molar-refractivity contribution in [3.8, 4) is 0 Å². The number of amides is 1. The van der Waals surface area contributed by atoms with Gasteiger partial charge < -0.3 is 4.74 Å². The van der Waals surface area contributed by atoms with Gasteiger partial charge in [-0.15, -0.1) is 0 Å². The van der Waals surface area contributed by atoms with Gasteiger partial charge in [0.05, 0.1) is 17.2 Å². The van der Waals surface area contributed by atoms with Crippen molar-refractivity contribution < 1.29 is 27.1 Å². The lowest BCUT2D eigenvalue weighted by Crippen LogP contribution is -2.35. The number of pyridine rings is 1. The van der Waals surface area contributed by atoms with E-state index in [0.29, 0.717) is 0 Å². The Morgan fingerprint density at radius 3 is 2.33 bits per heavy atom. The Kier molecular flexibility index (Phi) is 6.88. The van der Waals surface area contributed by atoms with Crippen LogP contribution in [0.4, 0.5) is 28.0 Å². The van der Waals surface area contributed by atoms with Crippen LogP contribution in [0.5, 0.6) is 0 Å². The fraction of sp³-hybridized carbons (Fsp3) is 0.389. The second-order valence-corrected chi connectivity index (χ2v) is 6.60. The van der Waals surface area contributed by atoms with E-state index in [4.69, 9.17) is 4.74 Å². The molecule has 9 heteroatoms. The summed E-state index contributed by atoms with van der Waals surface area (Å²) in [6, 6.07) is 2.29. The van der Waals surface area contributed by atoms with E-state index in [1.54, 1.807) is 20.8 Å². The van der Waals surface area contributed by atoms with Crippen molar-refractivity contribution >= 4 is 24.1 Å². The molecule has 1 rings (SSSR count). The highest BCUT2D eigenvalue weighted by molar-refractivity contribution is 5.88. The van der Waals surface area contributed by atoms with E-state index in [1.807, 2.05) is 0 Å². The number of rotatable bonds is 4. The molecule has 0 unspecified atom stereocenters. The lowest BCUT2D eigenvalue weighted by Gasteiger charge is -2.26. The molecule has 0 saturated carbocycles. The van der Waals surface area contributed by atoms with Crippen LogP contribution in [0.2, 0.25) is 0 Å². The van der Waals surface area contributed by atoms with Crippen LogP contribution in [0.15, 0.2) is 35.2 Å². The molecule has 0 bridgehead atoms. The molecule has 0 N–H and O–H groups in total. The van der Waals surface area contributed by atoms with E-state index in [-0.39, 0.29) is 11.3 Å². The van der Waals surface area contributed by atoms with Crippen LogP contribution in [0.1, 0.15) is 39.1 Å². The SMILES string of the molecule is C=N/C=C(\C=C(/C)F)c1ccc(N(C)C(=O)OC(C)(C)C)c(C(F)(F)F)n1. The third-order valence-electron chi connectivity index (χ3n) is 3.05. The Morgan fingerprint density at radius 1 is 1.30 bits per heavy atom. The quantitative estimate of drug-likeness (QED) is 0.396. The summed E-state index contributed by atoms with van der Waals surface area (Å²) in [6.45, 7) is 9.12. The number of carbonyl (C=O) groups excluding carboxylic acids is 1. The molecule has 1 aromatic rings. The van der Waals surface area contributed by atoms with Crippen LogP contribution in [0.25, 0.3) is 5.57 Å². The van der Waals surface area contributed by atoms with Gasteiger partial charge in [0, 0.05) is 18.8 Å². The molecule has 1 aromatic heterocycles. The number of hydrogen-bond donors (Lipinski definition) is 0. The lowest BCUT2D eigenvalue weighted by atomic mass is 10.1. The average Bonchev–Trinajstić information content (AvgIpc) is 2.50. The number of aromatic nitrogens is 1. The van der Waals surface area contributed by atoms with Crippen LogP contribution in [-0.2, 0) is 10.9 Å². The molecule has 0 saturated heterocycles. The summed E-state index contributed by atoms with van der Waals surface area (Å²) >= 11 is 0. The Balaban J connectivity index is 3.49. The number of aliphatic imine (C=N–C) groups is 1. The molecule has 0 spiro atoms. The first kappa shape index (κ1) is 22.3. The van der Waals surface area contributed by atoms with Crippen LogP contribution in [0.3, 0.4) is 0 Å². The summed E-state index contributed by atoms with van der Waals surface area (Å²) in [5.74, 6) is -0.643. The van der Waals surface area contributed by atoms with Gasteiger partial charge in [-0.2, -0.15) is 13.2 Å². The molecule has 148 valence electrons. The van der Waals surface area contributed by atoms with Gasteiger partial charge in [-0.3, -0.25) is 9.89 Å². The minimum atomic E-state index is -4.86. The van der Waals surface area contributed by atoms with Gasteiger partial charge in [-0.1, -0.05) is 0 Å². The third-order valence-corrected chi connectivity index (χ3v) is 3.05. The van der Waals surface area contributed by atoms with Gasteiger partial charge in [-0.25, -0.2) is 14.2 Å². The average molecular weight is 387 g/mol. The first-order valence-corrected chi connectivity index (χ1v) is 7.81. The highest BCUT2D eigenvalue weighted by Crippen LogP contribution is 2.36. The number of hydrogen-bond acceptors (Lipinski definition) is 4. The van der Waals surface area contributed by atoms with Gasteiger partial charge in [0.2, 0.25) is 0 Å². The topological polar surface area (TPSA) is 54.8 Å². The Bertz CT molecular complexity index is 774. The van der Waals surface area contributed by atoms with Gasteiger partial charge in [0.1, 0.15) is 5.60 Å². The van der Waals surface area contributed by atoms with Crippen molar-refractivity contribution in [2.45, 2.75) is 39.5 Å². The Morgan fingerprint density at radius 2 is 1.89 bits per heavy atom. The molecular weight excluding hydrogens is 366 g/mol. The number of alkyl halides is 3. The second-order valence-electron chi connectivity index (χ2n) is 6.60. The third kappa shape index (κ3) is 6.50. The number of nitrogens with zero attached hydrogens (tertiary/aromatic N) is 3. The number of allylic oxidation sites excluding steroid dienone is 3. The summed E-state index contributed by atoms with van der Waals surface area (Å²) in [7, 11) is 1.15. The maximum atomic E-state index is 13.5. The maximum Gasteiger partial charge on any atom is 0.435 e. The van der Waals surface area contributed by atoms with Gasteiger partial charge in [0.15, 0.2) is 5.69 Å². The summed E-state index contributed by atoms with van der Waals surface area (Å²) in [5, 5.41) is 0. The lowest BCUT2D eigenvalue weighted by molar-refractivity contribution is -0.140. The molecule has 0 fully saturated rings. The summed E-state index contributed by atoms with van der Waals surface area (Å²) in [4.78, 5) is 19.9. The van der Waals surface area contributed by atoms with E-state index < -0.39 is 35.1 Å². The highest BCUT2D eigenvalue weighted by atomic mass is 19.4. The monoisotopic (exact) mass is 387 g/mol.